The van der Waals surface area contributed by atoms with Crippen molar-refractivity contribution in [3.8, 4) is 0 Å². The summed E-state index contributed by atoms with van der Waals surface area (Å²) in [6.07, 6.45) is -0.275. The van der Waals surface area contributed by atoms with Gasteiger partial charge in [0.2, 0.25) is 5.91 Å². The number of rotatable bonds is 14. The molecule has 5 rings (SSSR count). The Labute approximate surface area is 293 Å². The number of ether oxygens (including phenoxy) is 2. The van der Waals surface area contributed by atoms with Crippen LogP contribution in [0.4, 0.5) is 4.79 Å². The number of epoxide rings is 1. The molecule has 0 spiro atoms. The Bertz CT molecular complexity index is 1920. The largest absolute Gasteiger partial charge is 0.447 e. The van der Waals surface area contributed by atoms with Crippen molar-refractivity contribution in [2.75, 3.05) is 12.9 Å². The van der Waals surface area contributed by atoms with Crippen molar-refractivity contribution in [1.82, 2.24) is 20.9 Å². The second-order valence-corrected chi connectivity index (χ2v) is 16.1. The van der Waals surface area contributed by atoms with Gasteiger partial charge < -0.3 is 25.4 Å². The van der Waals surface area contributed by atoms with Crippen LogP contribution in [0.2, 0.25) is 0 Å². The smallest absolute Gasteiger partial charge is 0.407 e. The molecule has 3 N–H and O–H groups in total. The number of amides is 3. The molecule has 264 valence electrons. The fourth-order valence-electron chi connectivity index (χ4n) is 5.82. The number of benzene rings is 3. The van der Waals surface area contributed by atoms with Crippen molar-refractivity contribution < 1.29 is 32.3 Å². The lowest BCUT2D eigenvalue weighted by Crippen LogP contribution is -2.62. The minimum absolute atomic E-state index is 0.0413. The van der Waals surface area contributed by atoms with Crippen molar-refractivity contribution in [3.05, 3.63) is 114 Å². The Kier molecular flexibility index (Phi) is 11.2. The Balaban J connectivity index is 1.31. The first-order valence-corrected chi connectivity index (χ1v) is 18.5. The molecule has 0 radical (unpaired) electrons. The molecule has 2 heterocycles. The second kappa shape index (κ2) is 15.4. The Hall–Kier alpha value is -4.81. The van der Waals surface area contributed by atoms with Gasteiger partial charge in [0.1, 0.15) is 30.6 Å². The summed E-state index contributed by atoms with van der Waals surface area (Å²) in [6.45, 7) is 6.76. The SMILES string of the molecule is CC(C)[C@H](NC(=O)OC[C@@H]1O[C@@H]1[C@H](Cc1ccccc1)NC(=O)[C@@H](NC(=O)c1ccc2ccccc2n1)C(C)(C)S(C)(=O)=O)c1ccccc1. The van der Waals surface area contributed by atoms with Crippen molar-refractivity contribution >= 4 is 38.6 Å². The van der Waals surface area contributed by atoms with Crippen LogP contribution in [0.1, 0.15) is 55.4 Å². The van der Waals surface area contributed by atoms with Crippen molar-refractivity contribution in [2.24, 2.45) is 5.92 Å². The van der Waals surface area contributed by atoms with E-state index in [0.717, 1.165) is 22.8 Å². The van der Waals surface area contributed by atoms with E-state index in [1.165, 1.54) is 19.9 Å². The molecule has 50 heavy (non-hydrogen) atoms. The lowest BCUT2D eigenvalue weighted by molar-refractivity contribution is -0.124. The summed E-state index contributed by atoms with van der Waals surface area (Å²) in [5.41, 5.74) is 2.48. The first-order chi connectivity index (χ1) is 23.7. The monoisotopic (exact) mass is 700 g/mol. The van der Waals surface area contributed by atoms with E-state index in [-0.39, 0.29) is 24.3 Å². The Morgan fingerprint density at radius 3 is 2.16 bits per heavy atom. The normalized spacial score (nSPS) is 17.7. The number of hydrogen-bond acceptors (Lipinski definition) is 8. The van der Waals surface area contributed by atoms with Gasteiger partial charge in [0, 0.05) is 11.6 Å². The van der Waals surface area contributed by atoms with E-state index in [4.69, 9.17) is 9.47 Å². The van der Waals surface area contributed by atoms with Gasteiger partial charge >= 0.3 is 6.09 Å². The average molecular weight is 701 g/mol. The van der Waals surface area contributed by atoms with Crippen LogP contribution in [0.3, 0.4) is 0 Å². The van der Waals surface area contributed by atoms with Gasteiger partial charge in [-0.05, 0) is 49.4 Å². The number of hydrogen-bond donors (Lipinski definition) is 3. The summed E-state index contributed by atoms with van der Waals surface area (Å²) in [5, 5.41) is 9.37. The van der Waals surface area contributed by atoms with Gasteiger partial charge in [0.15, 0.2) is 9.84 Å². The molecule has 0 saturated carbocycles. The minimum atomic E-state index is -3.87. The number of nitrogens with zero attached hydrogens (tertiary/aromatic N) is 1. The molecule has 1 aliphatic heterocycles. The molecule has 11 nitrogen and oxygen atoms in total. The van der Waals surface area contributed by atoms with E-state index in [2.05, 4.69) is 20.9 Å². The molecule has 5 atom stereocenters. The summed E-state index contributed by atoms with van der Waals surface area (Å²) in [4.78, 5) is 44.8. The van der Waals surface area contributed by atoms with Crippen molar-refractivity contribution in [1.29, 1.82) is 0 Å². The number of sulfone groups is 1. The summed E-state index contributed by atoms with van der Waals surface area (Å²) in [5.74, 6) is -1.28. The van der Waals surface area contributed by atoms with Crippen molar-refractivity contribution in [2.45, 2.75) is 69.2 Å². The molecule has 3 aromatic carbocycles. The highest BCUT2D eigenvalue weighted by atomic mass is 32.2. The second-order valence-electron chi connectivity index (χ2n) is 13.5. The van der Waals surface area contributed by atoms with Crippen LogP contribution in [0.25, 0.3) is 10.9 Å². The molecule has 4 aromatic rings. The number of pyridine rings is 1. The highest BCUT2D eigenvalue weighted by Crippen LogP contribution is 2.30. The lowest BCUT2D eigenvalue weighted by atomic mass is 9.96. The molecule has 1 fully saturated rings. The number of carbonyl (C=O) groups excluding carboxylic acids is 3. The molecular weight excluding hydrogens is 657 g/mol. The number of nitrogens with one attached hydrogen (secondary N) is 3. The maximum Gasteiger partial charge on any atom is 0.407 e. The van der Waals surface area contributed by atoms with E-state index < -0.39 is 56.8 Å². The zero-order chi connectivity index (χ0) is 36.1. The maximum absolute atomic E-state index is 14.1. The molecule has 0 bridgehead atoms. The minimum Gasteiger partial charge on any atom is -0.447 e. The summed E-state index contributed by atoms with van der Waals surface area (Å²) < 4.78 is 35.8. The van der Waals surface area contributed by atoms with Gasteiger partial charge in [-0.25, -0.2) is 18.2 Å². The zero-order valence-electron chi connectivity index (χ0n) is 28.8. The summed E-state index contributed by atoms with van der Waals surface area (Å²) in [7, 11) is -3.87. The van der Waals surface area contributed by atoms with Crippen LogP contribution in [0.5, 0.6) is 0 Å². The van der Waals surface area contributed by atoms with Gasteiger partial charge in [0.25, 0.3) is 5.91 Å². The maximum atomic E-state index is 14.1. The average Bonchev–Trinajstić information content (AvgIpc) is 3.88. The molecular formula is C38H44N4O7S. The highest BCUT2D eigenvalue weighted by molar-refractivity contribution is 7.92. The van der Waals surface area contributed by atoms with Gasteiger partial charge in [-0.2, -0.15) is 0 Å². The Morgan fingerprint density at radius 2 is 1.50 bits per heavy atom. The first kappa shape index (κ1) is 36.5. The van der Waals surface area contributed by atoms with Gasteiger partial charge in [0.05, 0.1) is 22.3 Å². The molecule has 1 aromatic heterocycles. The Morgan fingerprint density at radius 1 is 0.860 bits per heavy atom. The quantitative estimate of drug-likeness (QED) is 0.159. The number of carbonyl (C=O) groups is 3. The van der Waals surface area contributed by atoms with Gasteiger partial charge in [-0.15, -0.1) is 0 Å². The van der Waals surface area contributed by atoms with Crippen LogP contribution in [-0.2, 0) is 30.5 Å². The number of alkyl carbamates (subject to hydrolysis) is 1. The van der Waals surface area contributed by atoms with Crippen LogP contribution in [0.15, 0.2) is 97.1 Å². The first-order valence-electron chi connectivity index (χ1n) is 16.6. The fraction of sp³-hybridized carbons (Fsp3) is 0.368. The van der Waals surface area contributed by atoms with E-state index in [1.54, 1.807) is 18.2 Å². The number of aromatic nitrogens is 1. The van der Waals surface area contributed by atoms with Crippen LogP contribution in [-0.4, -0.2) is 73.2 Å². The number of para-hydroxylation sites is 1. The summed E-state index contributed by atoms with van der Waals surface area (Å²) in [6, 6.07) is 27.2. The van der Waals surface area contributed by atoms with E-state index in [0.29, 0.717) is 11.9 Å². The topological polar surface area (TPSA) is 156 Å². The molecule has 0 unspecified atom stereocenters. The van der Waals surface area contributed by atoms with E-state index >= 15 is 0 Å². The number of fused-ring (bicyclic) bond motifs is 1. The van der Waals surface area contributed by atoms with E-state index in [9.17, 15) is 22.8 Å². The standard InChI is InChI=1S/C38H44N4O7S/c1-24(2)32(27-17-10-7-11-18-27)41-37(45)48-23-31-33(49-31)30(22-25-14-8-6-9-15-25)40-36(44)34(38(3,4)50(5,46)47)42-35(43)29-21-20-26-16-12-13-19-28(26)39-29/h6-21,24,30-34H,22-23H2,1-5H3,(H,40,44)(H,41,45)(H,42,43)/t30-,31-,32-,33+,34+/m0/s1. The van der Waals surface area contributed by atoms with E-state index in [1.807, 2.05) is 86.6 Å². The van der Waals surface area contributed by atoms with Crippen LogP contribution in [0, 0.1) is 5.92 Å². The van der Waals surface area contributed by atoms with Gasteiger partial charge in [-0.1, -0.05) is 98.8 Å². The van der Waals surface area contributed by atoms with Crippen molar-refractivity contribution in [3.63, 3.8) is 0 Å². The lowest BCUT2D eigenvalue weighted by Gasteiger charge is -2.33. The third kappa shape index (κ3) is 8.85. The zero-order valence-corrected chi connectivity index (χ0v) is 29.6. The molecule has 3 amide bonds. The molecule has 12 heteroatoms. The third-order valence-corrected chi connectivity index (χ3v) is 11.3. The van der Waals surface area contributed by atoms with Crippen LogP contribution >= 0.6 is 0 Å². The predicted octanol–water partition coefficient (Wildman–Crippen LogP) is 4.77. The summed E-state index contributed by atoms with van der Waals surface area (Å²) >= 11 is 0. The van der Waals surface area contributed by atoms with Gasteiger partial charge in [-0.3, -0.25) is 9.59 Å². The van der Waals surface area contributed by atoms with Crippen LogP contribution < -0.4 is 16.0 Å². The predicted molar refractivity (Wildman–Crippen MR) is 191 cm³/mol. The fourth-order valence-corrected chi connectivity index (χ4v) is 6.41. The highest BCUT2D eigenvalue weighted by Gasteiger charge is 2.49. The molecule has 0 aliphatic carbocycles. The molecule has 1 saturated heterocycles. The molecule has 1 aliphatic rings. The third-order valence-electron chi connectivity index (χ3n) is 9.14.